The van der Waals surface area contributed by atoms with Crippen molar-refractivity contribution in [3.8, 4) is 11.1 Å². The van der Waals surface area contributed by atoms with Crippen LogP contribution in [0.4, 0.5) is 0 Å². The van der Waals surface area contributed by atoms with Crippen molar-refractivity contribution in [2.45, 2.75) is 10.0 Å². The molecule has 4 aromatic rings. The van der Waals surface area contributed by atoms with Crippen molar-refractivity contribution in [1.82, 2.24) is 0 Å². The minimum absolute atomic E-state index is 0.622. The van der Waals surface area contributed by atoms with Gasteiger partial charge in [0.2, 0.25) is 0 Å². The van der Waals surface area contributed by atoms with Crippen LogP contribution in [0.2, 0.25) is 0 Å². The Bertz CT molecular complexity index is 1240. The molecule has 2 aliphatic carbocycles. The SMILES string of the molecule is C1=CC([SiH](c2ccccc2)c2ccccc2)=[C]([Zr][CH]2c3ccccc3-c3ccccc32)C1. The van der Waals surface area contributed by atoms with Crippen molar-refractivity contribution in [2.24, 2.45) is 0 Å². The second-order valence-electron chi connectivity index (χ2n) is 8.55. The Morgan fingerprint density at radius 3 is 1.66 bits per heavy atom. The molecule has 0 spiro atoms. The van der Waals surface area contributed by atoms with Crippen molar-refractivity contribution in [3.63, 3.8) is 0 Å². The van der Waals surface area contributed by atoms with Gasteiger partial charge in [-0.05, 0) is 0 Å². The van der Waals surface area contributed by atoms with E-state index in [1.807, 2.05) is 0 Å². The zero-order valence-electron chi connectivity index (χ0n) is 17.9. The molecular weight excluding hydrogens is 480 g/mol. The molecule has 0 saturated heterocycles. The van der Waals surface area contributed by atoms with E-state index >= 15 is 0 Å². The second kappa shape index (κ2) is 8.77. The molecule has 0 saturated carbocycles. The van der Waals surface area contributed by atoms with E-state index in [9.17, 15) is 0 Å². The number of fused-ring (bicyclic) bond motifs is 3. The summed E-state index contributed by atoms with van der Waals surface area (Å²) in [5.74, 6) is 0. The molecule has 152 valence electrons. The normalized spacial score (nSPS) is 14.7. The first-order valence-corrected chi connectivity index (χ1v) is 15.7. The molecule has 0 amide bonds. The van der Waals surface area contributed by atoms with Gasteiger partial charge in [-0.25, -0.2) is 0 Å². The Labute approximate surface area is 203 Å². The van der Waals surface area contributed by atoms with Gasteiger partial charge in [-0.2, -0.15) is 0 Å². The van der Waals surface area contributed by atoms with E-state index in [0.29, 0.717) is 3.63 Å². The number of rotatable bonds is 5. The van der Waals surface area contributed by atoms with Crippen LogP contribution in [0.3, 0.4) is 0 Å². The molecule has 4 aromatic carbocycles. The molecule has 0 atom stereocenters. The molecule has 0 nitrogen and oxygen atoms in total. The van der Waals surface area contributed by atoms with E-state index in [0.717, 1.165) is 6.42 Å². The van der Waals surface area contributed by atoms with Crippen LogP contribution >= 0.6 is 0 Å². The third kappa shape index (κ3) is 3.56. The summed E-state index contributed by atoms with van der Waals surface area (Å²) in [5.41, 5.74) is 6.05. The summed E-state index contributed by atoms with van der Waals surface area (Å²) in [7, 11) is -1.46. The second-order valence-corrected chi connectivity index (χ2v) is 15.0. The summed E-state index contributed by atoms with van der Waals surface area (Å²) in [6.45, 7) is 0. The summed E-state index contributed by atoms with van der Waals surface area (Å²) in [6.07, 6.45) is 6.08. The van der Waals surface area contributed by atoms with E-state index in [2.05, 4.69) is 121 Å². The first-order chi connectivity index (χ1) is 15.9. The molecule has 2 aliphatic rings. The zero-order chi connectivity index (χ0) is 21.3. The predicted octanol–water partition coefficient (Wildman–Crippen LogP) is 5.63. The molecule has 6 rings (SSSR count). The van der Waals surface area contributed by atoms with Crippen LogP contribution in [0.15, 0.2) is 130 Å². The molecule has 0 bridgehead atoms. The molecule has 0 radical (unpaired) electrons. The van der Waals surface area contributed by atoms with Crippen LogP contribution in [0.1, 0.15) is 21.2 Å². The van der Waals surface area contributed by atoms with Crippen molar-refractivity contribution in [2.75, 3.05) is 0 Å². The van der Waals surface area contributed by atoms with Gasteiger partial charge in [0.15, 0.2) is 0 Å². The monoisotopic (exact) mass is 502 g/mol. The van der Waals surface area contributed by atoms with E-state index in [1.165, 1.54) is 21.5 Å². The molecule has 0 N–H and O–H groups in total. The van der Waals surface area contributed by atoms with Crippen LogP contribution in [0, 0.1) is 0 Å². The van der Waals surface area contributed by atoms with Crippen molar-refractivity contribution < 1.29 is 23.2 Å². The maximum absolute atomic E-state index is 2.49. The molecule has 0 heterocycles. The molecule has 0 aliphatic heterocycles. The zero-order valence-corrected chi connectivity index (χ0v) is 21.5. The van der Waals surface area contributed by atoms with Crippen molar-refractivity contribution in [3.05, 3.63) is 141 Å². The Hall–Kier alpha value is -2.54. The molecular formula is C30H24SiZr. The van der Waals surface area contributed by atoms with Gasteiger partial charge in [-0.15, -0.1) is 0 Å². The van der Waals surface area contributed by atoms with Crippen LogP contribution in [0.5, 0.6) is 0 Å². The van der Waals surface area contributed by atoms with E-state index < -0.39 is 32.0 Å². The molecule has 32 heavy (non-hydrogen) atoms. The third-order valence-electron chi connectivity index (χ3n) is 6.70. The van der Waals surface area contributed by atoms with Crippen LogP contribution in [0.25, 0.3) is 11.1 Å². The number of hydrogen-bond acceptors (Lipinski definition) is 0. The summed E-state index contributed by atoms with van der Waals surface area (Å²) >= 11 is -0.862. The van der Waals surface area contributed by atoms with E-state index in [1.54, 1.807) is 19.6 Å². The fourth-order valence-corrected chi connectivity index (χ4v) is 14.0. The summed E-state index contributed by atoms with van der Waals surface area (Å²) in [6, 6.07) is 40.8. The summed E-state index contributed by atoms with van der Waals surface area (Å²) in [4.78, 5) is 0. The van der Waals surface area contributed by atoms with E-state index in [-0.39, 0.29) is 0 Å². The van der Waals surface area contributed by atoms with Gasteiger partial charge in [-0.3, -0.25) is 0 Å². The first-order valence-electron chi connectivity index (χ1n) is 11.3. The van der Waals surface area contributed by atoms with Gasteiger partial charge in [-0.1, -0.05) is 0 Å². The van der Waals surface area contributed by atoms with Gasteiger partial charge in [0.1, 0.15) is 0 Å². The molecule has 2 heteroatoms. The average molecular weight is 504 g/mol. The average Bonchev–Trinajstić information content (AvgIpc) is 3.44. The van der Waals surface area contributed by atoms with Gasteiger partial charge in [0.25, 0.3) is 0 Å². The predicted molar refractivity (Wildman–Crippen MR) is 134 cm³/mol. The Kier molecular flexibility index (Phi) is 5.51. The maximum atomic E-state index is 2.49. The van der Waals surface area contributed by atoms with Gasteiger partial charge >= 0.3 is 205 Å². The third-order valence-corrected chi connectivity index (χ3v) is 15.0. The van der Waals surface area contributed by atoms with Gasteiger partial charge in [0, 0.05) is 0 Å². The van der Waals surface area contributed by atoms with Crippen LogP contribution in [-0.2, 0) is 23.2 Å². The Morgan fingerprint density at radius 1 is 0.594 bits per heavy atom. The van der Waals surface area contributed by atoms with Crippen LogP contribution in [-0.4, -0.2) is 8.80 Å². The van der Waals surface area contributed by atoms with Crippen molar-refractivity contribution >= 4 is 19.2 Å². The summed E-state index contributed by atoms with van der Waals surface area (Å²) < 4.78 is 2.42. The molecule has 0 fully saturated rings. The van der Waals surface area contributed by atoms with Gasteiger partial charge in [0.05, 0.1) is 0 Å². The quantitative estimate of drug-likeness (QED) is 0.310. The first kappa shape index (κ1) is 20.1. The van der Waals surface area contributed by atoms with Crippen LogP contribution < -0.4 is 10.4 Å². The number of allylic oxidation sites excluding steroid dienone is 4. The van der Waals surface area contributed by atoms with Crippen molar-refractivity contribution in [1.29, 1.82) is 0 Å². The van der Waals surface area contributed by atoms with Gasteiger partial charge < -0.3 is 0 Å². The fraction of sp³-hybridized carbons (Fsp3) is 0.0667. The minimum atomic E-state index is -1.46. The number of benzene rings is 4. The Morgan fingerprint density at radius 2 is 1.09 bits per heavy atom. The fourth-order valence-electron chi connectivity index (χ4n) is 5.26. The number of hydrogen-bond donors (Lipinski definition) is 0. The topological polar surface area (TPSA) is 0 Å². The molecule has 0 aromatic heterocycles. The summed E-state index contributed by atoms with van der Waals surface area (Å²) in [5, 5.41) is 4.75. The standard InChI is InChI=1S/C17H15Si.C13H9.Zr/c1-3-9-15(10-4-1)18(17-13-7-8-14-17)16-11-5-2-6-12-16;1-3-7-12-10(5-1)9-11-6-2-4-8-13(11)12;/h1-7,9-13,18H,8H2;1-9H;. The van der Waals surface area contributed by atoms with E-state index in [4.69, 9.17) is 0 Å². The Balaban J connectivity index is 1.45. The molecule has 0 unspecified atom stereocenters.